The molecule has 2 heterocycles. The number of halogens is 3. The van der Waals surface area contributed by atoms with Gasteiger partial charge in [0.15, 0.2) is 5.82 Å². The van der Waals surface area contributed by atoms with Gasteiger partial charge < -0.3 is 0 Å². The number of aromatic amines is 1. The zero-order valence-electron chi connectivity index (χ0n) is 9.91. The van der Waals surface area contributed by atoms with Gasteiger partial charge in [-0.25, -0.2) is 4.98 Å². The Bertz CT molecular complexity index is 573. The monoisotopic (exact) mass is 268 g/mol. The van der Waals surface area contributed by atoms with Gasteiger partial charge in [-0.05, 0) is 25.0 Å². The Morgan fingerprint density at radius 2 is 2.05 bits per heavy atom. The smallest absolute Gasteiger partial charge is 0.265 e. The maximum absolute atomic E-state index is 12.5. The van der Waals surface area contributed by atoms with E-state index >= 15 is 0 Å². The zero-order chi connectivity index (χ0) is 13.5. The van der Waals surface area contributed by atoms with Crippen LogP contribution in [-0.2, 0) is 6.42 Å². The molecule has 0 radical (unpaired) electrons. The van der Waals surface area contributed by atoms with E-state index < -0.39 is 12.6 Å². The van der Waals surface area contributed by atoms with Gasteiger partial charge in [0.05, 0.1) is 12.1 Å². The second-order valence-electron chi connectivity index (χ2n) is 4.66. The first-order chi connectivity index (χ1) is 9.01. The number of rotatable bonds is 3. The topological polar surface area (TPSA) is 54.5 Å². The summed E-state index contributed by atoms with van der Waals surface area (Å²) in [5.41, 5.74) is 1.32. The number of aromatic nitrogens is 4. The highest BCUT2D eigenvalue weighted by Crippen LogP contribution is 2.40. The van der Waals surface area contributed by atoms with Gasteiger partial charge in [-0.1, -0.05) is 0 Å². The molecule has 0 aliphatic heterocycles. The van der Waals surface area contributed by atoms with Crippen molar-refractivity contribution in [3.63, 3.8) is 0 Å². The second-order valence-corrected chi connectivity index (χ2v) is 4.66. The van der Waals surface area contributed by atoms with E-state index in [9.17, 15) is 13.2 Å². The van der Waals surface area contributed by atoms with Gasteiger partial charge in [0.1, 0.15) is 6.33 Å². The lowest BCUT2D eigenvalue weighted by Gasteiger charge is -2.09. The molecule has 1 aliphatic rings. The lowest BCUT2D eigenvalue weighted by Crippen LogP contribution is -2.13. The molecular formula is C12H11F3N4. The Kier molecular flexibility index (Phi) is 2.76. The Hall–Kier alpha value is -1.92. The molecule has 1 N–H and O–H groups in total. The van der Waals surface area contributed by atoms with Gasteiger partial charge in [0.2, 0.25) is 0 Å². The number of nitrogens with zero attached hydrogens (tertiary/aromatic N) is 3. The van der Waals surface area contributed by atoms with E-state index in [0.29, 0.717) is 17.1 Å². The van der Waals surface area contributed by atoms with Crippen molar-refractivity contribution >= 4 is 0 Å². The number of alkyl halides is 3. The minimum absolute atomic E-state index is 0.0247. The maximum Gasteiger partial charge on any atom is 0.394 e. The normalized spacial score (nSPS) is 15.7. The Balaban J connectivity index is 1.99. The van der Waals surface area contributed by atoms with Crippen molar-refractivity contribution in [3.05, 3.63) is 29.8 Å². The van der Waals surface area contributed by atoms with Crippen molar-refractivity contribution in [1.29, 1.82) is 0 Å². The predicted octanol–water partition coefficient (Wildman–Crippen LogP) is 2.85. The van der Waals surface area contributed by atoms with Crippen LogP contribution in [0.25, 0.3) is 11.4 Å². The average Bonchev–Trinajstić information content (AvgIpc) is 3.02. The van der Waals surface area contributed by atoms with Gasteiger partial charge in [-0.15, -0.1) is 0 Å². The van der Waals surface area contributed by atoms with Crippen LogP contribution in [0.15, 0.2) is 18.5 Å². The highest BCUT2D eigenvalue weighted by molar-refractivity contribution is 5.56. The Labute approximate surface area is 107 Å². The largest absolute Gasteiger partial charge is 0.394 e. The van der Waals surface area contributed by atoms with Crippen molar-refractivity contribution in [2.45, 2.75) is 31.4 Å². The van der Waals surface area contributed by atoms with Crippen LogP contribution in [-0.4, -0.2) is 26.3 Å². The fourth-order valence-electron chi connectivity index (χ4n) is 1.97. The molecule has 1 fully saturated rings. The van der Waals surface area contributed by atoms with Crippen LogP contribution in [0.2, 0.25) is 0 Å². The summed E-state index contributed by atoms with van der Waals surface area (Å²) in [6, 6.07) is 3.18. The molecule has 0 spiro atoms. The lowest BCUT2D eigenvalue weighted by atomic mass is 10.1. The summed E-state index contributed by atoms with van der Waals surface area (Å²) in [6.45, 7) is 0. The molecule has 7 heteroatoms. The number of hydrogen-bond donors (Lipinski definition) is 1. The van der Waals surface area contributed by atoms with Crippen molar-refractivity contribution in [2.24, 2.45) is 0 Å². The van der Waals surface area contributed by atoms with Crippen molar-refractivity contribution < 1.29 is 13.2 Å². The van der Waals surface area contributed by atoms with Crippen molar-refractivity contribution in [1.82, 2.24) is 20.2 Å². The number of hydrogen-bond acceptors (Lipinski definition) is 3. The third kappa shape index (κ3) is 2.91. The average molecular weight is 268 g/mol. The van der Waals surface area contributed by atoms with Crippen LogP contribution in [0.5, 0.6) is 0 Å². The minimum atomic E-state index is -4.26. The van der Waals surface area contributed by atoms with E-state index in [1.165, 1.54) is 12.4 Å². The van der Waals surface area contributed by atoms with Crippen LogP contribution in [0.3, 0.4) is 0 Å². The summed E-state index contributed by atoms with van der Waals surface area (Å²) < 4.78 is 37.5. The molecule has 4 nitrogen and oxygen atoms in total. The Morgan fingerprint density at radius 1 is 1.26 bits per heavy atom. The molecule has 2 aromatic rings. The van der Waals surface area contributed by atoms with Gasteiger partial charge >= 0.3 is 6.18 Å². The van der Waals surface area contributed by atoms with Gasteiger partial charge in [0.25, 0.3) is 0 Å². The summed E-state index contributed by atoms with van der Waals surface area (Å²) in [5, 5.41) is 6.46. The first-order valence-corrected chi connectivity index (χ1v) is 5.95. The molecule has 3 rings (SSSR count). The van der Waals surface area contributed by atoms with Crippen molar-refractivity contribution in [2.75, 3.05) is 0 Å². The van der Waals surface area contributed by atoms with Crippen LogP contribution in [0, 0.1) is 0 Å². The van der Waals surface area contributed by atoms with Crippen LogP contribution in [0.1, 0.15) is 30.1 Å². The molecule has 1 saturated carbocycles. The molecule has 0 atom stereocenters. The fraction of sp³-hybridized carbons (Fsp3) is 0.417. The number of H-pyrrole nitrogens is 1. The standard InChI is InChI=1S/C12H11F3N4/c13-12(14,15)5-9-3-8(11-16-6-17-19-11)4-10(18-9)7-1-2-7/h3-4,6-7H,1-2,5H2,(H,16,17,19). The molecule has 0 bridgehead atoms. The lowest BCUT2D eigenvalue weighted by molar-refractivity contribution is -0.127. The van der Waals surface area contributed by atoms with E-state index in [0.717, 1.165) is 12.8 Å². The highest BCUT2D eigenvalue weighted by atomic mass is 19.4. The van der Waals surface area contributed by atoms with E-state index in [1.54, 1.807) is 6.07 Å². The Morgan fingerprint density at radius 3 is 2.63 bits per heavy atom. The molecular weight excluding hydrogens is 257 g/mol. The van der Waals surface area contributed by atoms with Gasteiger partial charge in [0, 0.05) is 17.2 Å². The van der Waals surface area contributed by atoms with Crippen LogP contribution >= 0.6 is 0 Å². The van der Waals surface area contributed by atoms with Gasteiger partial charge in [-0.2, -0.15) is 18.3 Å². The van der Waals surface area contributed by atoms with E-state index in [-0.39, 0.29) is 11.6 Å². The first-order valence-electron chi connectivity index (χ1n) is 5.95. The second kappa shape index (κ2) is 4.32. The third-order valence-corrected chi connectivity index (χ3v) is 2.95. The summed E-state index contributed by atoms with van der Waals surface area (Å²) in [7, 11) is 0. The van der Waals surface area contributed by atoms with E-state index in [1.807, 2.05) is 0 Å². The fourth-order valence-corrected chi connectivity index (χ4v) is 1.97. The molecule has 2 aromatic heterocycles. The molecule has 19 heavy (non-hydrogen) atoms. The minimum Gasteiger partial charge on any atom is -0.265 e. The number of pyridine rings is 1. The zero-order valence-corrected chi connectivity index (χ0v) is 9.91. The SMILES string of the molecule is FC(F)(F)Cc1cc(-c2nc[nH]n2)cc(C2CC2)n1. The number of nitrogens with one attached hydrogen (secondary N) is 1. The van der Waals surface area contributed by atoms with E-state index in [2.05, 4.69) is 20.2 Å². The quantitative estimate of drug-likeness (QED) is 0.931. The van der Waals surface area contributed by atoms with Crippen molar-refractivity contribution in [3.8, 4) is 11.4 Å². The molecule has 100 valence electrons. The maximum atomic E-state index is 12.5. The molecule has 1 aliphatic carbocycles. The van der Waals surface area contributed by atoms with Crippen LogP contribution in [0.4, 0.5) is 13.2 Å². The molecule has 0 unspecified atom stereocenters. The summed E-state index contributed by atoms with van der Waals surface area (Å²) in [6.07, 6.45) is -1.92. The summed E-state index contributed by atoms with van der Waals surface area (Å²) in [4.78, 5) is 8.07. The highest BCUT2D eigenvalue weighted by Gasteiger charge is 2.31. The van der Waals surface area contributed by atoms with E-state index in [4.69, 9.17) is 0 Å². The summed E-state index contributed by atoms with van der Waals surface area (Å²) in [5.74, 6) is 0.679. The predicted molar refractivity (Wildman–Crippen MR) is 61.3 cm³/mol. The van der Waals surface area contributed by atoms with Crippen LogP contribution < -0.4 is 0 Å². The molecule has 0 aromatic carbocycles. The third-order valence-electron chi connectivity index (χ3n) is 2.95. The molecule has 0 saturated heterocycles. The molecule has 0 amide bonds. The summed E-state index contributed by atoms with van der Waals surface area (Å²) >= 11 is 0. The first kappa shape index (κ1) is 12.1. The van der Waals surface area contributed by atoms with Gasteiger partial charge in [-0.3, -0.25) is 10.1 Å².